The molecule has 0 bridgehead atoms. The Bertz CT molecular complexity index is 2360. The molecule has 13 amide bonds. The minimum atomic E-state index is -1.95. The van der Waals surface area contributed by atoms with E-state index in [1.165, 1.54) is 24.3 Å². The first-order valence-electron chi connectivity index (χ1n) is 25.6. The van der Waals surface area contributed by atoms with Crippen LogP contribution in [0.2, 0.25) is 0 Å². The Balaban J connectivity index is 2.50. The first-order chi connectivity index (χ1) is 37.6. The van der Waals surface area contributed by atoms with Crippen LogP contribution >= 0.6 is 0 Å². The van der Waals surface area contributed by atoms with Crippen LogP contribution in [0.4, 0.5) is 0 Å². The maximum Gasteiger partial charge on any atom is 0.248 e. The quantitative estimate of drug-likeness (QED) is 0.0281. The minimum absolute atomic E-state index is 0.0678. The third-order valence-electron chi connectivity index (χ3n) is 12.5. The van der Waals surface area contributed by atoms with Gasteiger partial charge in [0.1, 0.15) is 66.7 Å². The number of nitrogens with two attached hydrogens (primary N) is 6. The Labute approximate surface area is 460 Å². The number of likely N-dealkylation sites (tertiary alicyclic amines) is 1. The van der Waals surface area contributed by atoms with Gasteiger partial charge in [0.15, 0.2) is 0 Å². The van der Waals surface area contributed by atoms with Gasteiger partial charge in [0.25, 0.3) is 0 Å². The van der Waals surface area contributed by atoms with Gasteiger partial charge in [0.05, 0.1) is 19.6 Å². The van der Waals surface area contributed by atoms with Crippen LogP contribution < -0.4 is 82.4 Å². The van der Waals surface area contributed by atoms with E-state index in [2.05, 4.69) is 52.7 Å². The number of primary amides is 3. The molecule has 1 aliphatic rings. The summed E-state index contributed by atoms with van der Waals surface area (Å²) in [5.74, 6) is -8.49. The van der Waals surface area contributed by atoms with Gasteiger partial charge in [-0.05, 0) is 55.2 Å². The van der Waals surface area contributed by atoms with Crippen LogP contribution in [-0.4, -0.2) is 186 Å². The molecule has 80 heavy (non-hydrogen) atoms. The van der Waals surface area contributed by atoms with E-state index in [1.54, 1.807) is 27.7 Å². The second-order valence-electron chi connectivity index (χ2n) is 19.5. The van der Waals surface area contributed by atoms with Crippen molar-refractivity contribution in [1.29, 1.82) is 0 Å². The normalized spacial score (nSPS) is 16.3. The fourth-order valence-corrected chi connectivity index (χ4v) is 7.91. The van der Waals surface area contributed by atoms with Crippen molar-refractivity contribution in [1.82, 2.24) is 52.8 Å². The maximum absolute atomic E-state index is 14.4. The summed E-state index contributed by atoms with van der Waals surface area (Å²) in [6, 6.07) is -8.17. The van der Waals surface area contributed by atoms with E-state index >= 15 is 0 Å². The largest absolute Gasteiger partial charge is 0.508 e. The average molecular weight is 1140 g/mol. The number of hydrogen-bond acceptors (Lipinski definition) is 19. The van der Waals surface area contributed by atoms with Crippen LogP contribution in [0.1, 0.15) is 78.2 Å². The molecule has 2 rings (SSSR count). The second-order valence-corrected chi connectivity index (χ2v) is 19.5. The number of amides is 13. The minimum Gasteiger partial charge on any atom is -0.508 e. The molecule has 1 saturated heterocycles. The molecule has 1 heterocycles. The molecule has 0 saturated carbocycles. The number of nitrogens with zero attached hydrogens (tertiary/aromatic N) is 1. The molecule has 32 nitrogen and oxygen atoms in total. The van der Waals surface area contributed by atoms with Crippen molar-refractivity contribution < 1.29 is 77.4 Å². The lowest BCUT2D eigenvalue weighted by Gasteiger charge is -2.31. The van der Waals surface area contributed by atoms with E-state index in [0.29, 0.717) is 5.56 Å². The second kappa shape index (κ2) is 34.0. The monoisotopic (exact) mass is 1130 g/mol. The van der Waals surface area contributed by atoms with Crippen LogP contribution in [0.25, 0.3) is 0 Å². The van der Waals surface area contributed by atoms with E-state index in [9.17, 15) is 72.5 Å². The Morgan fingerprint density at radius 3 is 1.84 bits per heavy atom. The predicted octanol–water partition coefficient (Wildman–Crippen LogP) is -8.56. The number of nitrogens with one attached hydrogen (secondary N) is 9. The topological polar surface area (TPSA) is 539 Å². The number of phenols is 1. The van der Waals surface area contributed by atoms with Crippen molar-refractivity contribution in [3.63, 3.8) is 0 Å². The van der Waals surface area contributed by atoms with Gasteiger partial charge in [0, 0.05) is 32.5 Å². The van der Waals surface area contributed by atoms with Crippen molar-refractivity contribution >= 4 is 76.8 Å². The van der Waals surface area contributed by atoms with E-state index in [1.807, 2.05) is 0 Å². The molecule has 10 atom stereocenters. The zero-order chi connectivity index (χ0) is 60.4. The summed E-state index contributed by atoms with van der Waals surface area (Å²) in [6.07, 6.45) is -1.58. The van der Waals surface area contributed by atoms with Gasteiger partial charge in [-0.15, -0.1) is 0 Å². The lowest BCUT2D eigenvalue weighted by atomic mass is 9.96. The Morgan fingerprint density at radius 1 is 0.662 bits per heavy atom. The van der Waals surface area contributed by atoms with Gasteiger partial charge in [-0.2, -0.15) is 0 Å². The molecule has 0 spiro atoms. The molecule has 1 aromatic rings. The summed E-state index contributed by atoms with van der Waals surface area (Å²) in [5.41, 5.74) is 28.2. The zero-order valence-corrected chi connectivity index (χ0v) is 45.1. The molecule has 0 radical (unpaired) electrons. The van der Waals surface area contributed by atoms with Gasteiger partial charge < -0.3 is 91.6 Å². The molecule has 23 N–H and O–H groups in total. The van der Waals surface area contributed by atoms with E-state index in [0.717, 1.165) is 4.90 Å². The molecular weight excluding hydrogens is 1060 g/mol. The number of benzene rings is 1. The van der Waals surface area contributed by atoms with E-state index in [4.69, 9.17) is 34.6 Å². The van der Waals surface area contributed by atoms with Crippen molar-refractivity contribution in [3.8, 4) is 5.75 Å². The number of rotatable bonds is 35. The highest BCUT2D eigenvalue weighted by Crippen LogP contribution is 2.20. The molecule has 1 aromatic carbocycles. The lowest BCUT2D eigenvalue weighted by molar-refractivity contribution is -0.143. The fourth-order valence-electron chi connectivity index (χ4n) is 7.91. The summed E-state index contributed by atoms with van der Waals surface area (Å²) in [7, 11) is 0. The van der Waals surface area contributed by atoms with E-state index < -0.39 is 189 Å². The van der Waals surface area contributed by atoms with Crippen LogP contribution in [0, 0.1) is 11.8 Å². The first kappa shape index (κ1) is 68.0. The lowest BCUT2D eigenvalue weighted by Crippen LogP contribution is -2.62. The Morgan fingerprint density at radius 2 is 1.26 bits per heavy atom. The third kappa shape index (κ3) is 23.5. The average Bonchev–Trinajstić information content (AvgIpc) is 3.91. The predicted molar refractivity (Wildman–Crippen MR) is 281 cm³/mol. The number of carbonyl (C=O) groups excluding carboxylic acids is 13. The number of aromatic hydroxyl groups is 1. The molecule has 0 unspecified atom stereocenters. The van der Waals surface area contributed by atoms with Gasteiger partial charge in [-0.25, -0.2) is 5.90 Å². The number of hydrogen-bond donors (Lipinski definition) is 17. The summed E-state index contributed by atoms with van der Waals surface area (Å²) < 4.78 is 0. The van der Waals surface area contributed by atoms with Crippen molar-refractivity contribution in [3.05, 3.63) is 29.8 Å². The fraction of sp³-hybridized carbons (Fsp3) is 0.604. The smallest absolute Gasteiger partial charge is 0.248 e. The maximum atomic E-state index is 14.4. The highest BCUT2D eigenvalue weighted by molar-refractivity contribution is 6.00. The SMILES string of the molecule is CC[C@H](C)[C@H](NC(=O)[C@H](Cc1ccc(O)cc1)NC(=O)[C@@H](N)CNC(=O)CON)C(=O)N[C@@H](CCC(N)=O)C(=O)N[C@@H](CC(N)=O)C(=O)N[C@@H](CNC(=O)[C@@H](N)CO)C(=O)N1CCC[C@H]1C(=O)N[C@@H](CC(C)C)C(=O)NCC(N)=O. The van der Waals surface area contributed by atoms with Gasteiger partial charge >= 0.3 is 0 Å². The van der Waals surface area contributed by atoms with Crippen LogP contribution in [0.5, 0.6) is 5.75 Å². The Hall–Kier alpha value is -8.07. The van der Waals surface area contributed by atoms with Crippen molar-refractivity contribution in [2.45, 2.75) is 133 Å². The standard InChI is InChI=1S/C48H78N16O16/c1-5-24(4)39(63-45(76)31(16-25-8-10-26(66)11-9-25)59-41(72)27(49)18-55-38(70)22-80-54)47(78)58-29(12-13-35(51)67)43(74)60-32(17-36(52)68)44(75)62-33(19-56-40(71)28(50)21-65)48(79)64-14-6-7-34(64)46(77)61-30(15-23(2)3)42(73)57-20-37(53)69/h8-11,23-24,27-34,39,65-66H,5-7,12-22,49-50,54H2,1-4H3,(H2,51,67)(H2,52,68)(H2,53,69)(H,55,70)(H,56,71)(H,57,73)(H,58,78)(H,59,72)(H,60,74)(H,61,77)(H,62,75)(H,63,76)/t24-,27-,28-,29-,30-,31-,32-,33-,34-,39-/m0/s1. The molecule has 0 aromatic heterocycles. The van der Waals surface area contributed by atoms with Gasteiger partial charge in [-0.3, -0.25) is 67.2 Å². The molecule has 1 fully saturated rings. The molecular formula is C48H78N16O16. The number of aliphatic hydroxyl groups is 1. The summed E-state index contributed by atoms with van der Waals surface area (Å²) >= 11 is 0. The third-order valence-corrected chi connectivity index (χ3v) is 12.5. The number of carbonyl (C=O) groups is 13. The summed E-state index contributed by atoms with van der Waals surface area (Å²) in [4.78, 5) is 177. The number of aliphatic hydroxyl groups excluding tert-OH is 1. The van der Waals surface area contributed by atoms with E-state index in [-0.39, 0.29) is 50.3 Å². The van der Waals surface area contributed by atoms with Gasteiger partial charge in [0.2, 0.25) is 76.8 Å². The van der Waals surface area contributed by atoms with Gasteiger partial charge in [-0.1, -0.05) is 46.2 Å². The van der Waals surface area contributed by atoms with Crippen LogP contribution in [0.15, 0.2) is 24.3 Å². The molecule has 32 heteroatoms. The highest BCUT2D eigenvalue weighted by Gasteiger charge is 2.41. The molecule has 1 aliphatic heterocycles. The molecule has 446 valence electrons. The van der Waals surface area contributed by atoms with Crippen LogP contribution in [0.3, 0.4) is 0 Å². The summed E-state index contributed by atoms with van der Waals surface area (Å²) in [6.45, 7) is 3.67. The van der Waals surface area contributed by atoms with Crippen molar-refractivity contribution in [2.24, 2.45) is 46.4 Å². The highest BCUT2D eigenvalue weighted by atomic mass is 16.6. The molecule has 0 aliphatic carbocycles. The zero-order valence-electron chi connectivity index (χ0n) is 45.1. The van der Waals surface area contributed by atoms with Crippen LogP contribution in [-0.2, 0) is 73.6 Å². The first-order valence-corrected chi connectivity index (χ1v) is 25.6. The summed E-state index contributed by atoms with van der Waals surface area (Å²) in [5, 5.41) is 41.1. The number of phenolic OH excluding ortho intramolecular Hbond substituents is 1. The van der Waals surface area contributed by atoms with Crippen molar-refractivity contribution in [2.75, 3.05) is 39.4 Å². The Kier molecular flexibility index (Phi) is 29.0.